The summed E-state index contributed by atoms with van der Waals surface area (Å²) in [6.45, 7) is 1.19. The molecule has 8 bridgehead atoms. The Kier molecular flexibility index (Phi) is 4.94. The van der Waals surface area contributed by atoms with E-state index in [1.54, 1.807) is 0 Å². The minimum Gasteiger partial charge on any atom is -0.352 e. The molecule has 8 fully saturated rings. The monoisotopic (exact) mass is 460 g/mol. The zero-order valence-corrected chi connectivity index (χ0v) is 20.5. The molecule has 182 valence electrons. The molecule has 0 atom stereocenters. The van der Waals surface area contributed by atoms with Crippen LogP contribution in [0.5, 0.6) is 0 Å². The van der Waals surface area contributed by atoms with E-state index in [0.29, 0.717) is 24.9 Å². The summed E-state index contributed by atoms with van der Waals surface area (Å²) in [7, 11) is 0. The van der Waals surface area contributed by atoms with E-state index in [4.69, 9.17) is 0 Å². The Morgan fingerprint density at radius 2 is 0.941 bits per heavy atom. The van der Waals surface area contributed by atoms with Crippen molar-refractivity contribution in [3.8, 4) is 0 Å². The molecule has 0 unspecified atom stereocenters. The first-order chi connectivity index (χ1) is 16.5. The molecular weight excluding hydrogens is 420 g/mol. The molecule has 34 heavy (non-hydrogen) atoms. The molecule has 8 saturated carbocycles. The Labute approximate surface area is 204 Å². The third-order valence-corrected chi connectivity index (χ3v) is 10.9. The highest BCUT2D eigenvalue weighted by Crippen LogP contribution is 2.61. The van der Waals surface area contributed by atoms with Crippen molar-refractivity contribution >= 4 is 11.8 Å². The number of amides is 2. The van der Waals surface area contributed by atoms with E-state index < -0.39 is 0 Å². The van der Waals surface area contributed by atoms with Crippen molar-refractivity contribution in [1.29, 1.82) is 0 Å². The van der Waals surface area contributed by atoms with Gasteiger partial charge in [-0.25, -0.2) is 0 Å². The summed E-state index contributed by atoms with van der Waals surface area (Å²) in [6, 6.07) is 8.44. The molecule has 0 heterocycles. The van der Waals surface area contributed by atoms with Gasteiger partial charge in [-0.05, 0) is 124 Å². The fourth-order valence-electron chi connectivity index (χ4n) is 10.4. The number of nitrogens with one attached hydrogen (secondary N) is 2. The van der Waals surface area contributed by atoms with Gasteiger partial charge in [0.15, 0.2) is 0 Å². The molecule has 1 aromatic carbocycles. The quantitative estimate of drug-likeness (QED) is 0.601. The zero-order valence-electron chi connectivity index (χ0n) is 20.5. The molecule has 0 spiro atoms. The van der Waals surface area contributed by atoms with Crippen LogP contribution in [0.2, 0.25) is 0 Å². The first kappa shape index (κ1) is 21.4. The summed E-state index contributed by atoms with van der Waals surface area (Å²) in [5, 5.41) is 6.62. The van der Waals surface area contributed by atoms with Crippen LogP contribution in [-0.4, -0.2) is 11.8 Å². The molecule has 4 heteroatoms. The normalized spacial score (nSPS) is 43.2. The second-order valence-corrected chi connectivity index (χ2v) is 13.6. The molecule has 0 radical (unpaired) electrons. The Morgan fingerprint density at radius 1 is 0.618 bits per heavy atom. The summed E-state index contributed by atoms with van der Waals surface area (Å²) in [5.74, 6) is 5.33. The van der Waals surface area contributed by atoms with E-state index in [0.717, 1.165) is 85.2 Å². The highest BCUT2D eigenvalue weighted by molar-refractivity contribution is 5.83. The van der Waals surface area contributed by atoms with E-state index in [-0.39, 0.29) is 10.8 Å². The molecule has 2 N–H and O–H groups in total. The maximum absolute atomic E-state index is 13.3. The maximum atomic E-state index is 13.3. The third-order valence-electron chi connectivity index (χ3n) is 10.9. The van der Waals surface area contributed by atoms with E-state index >= 15 is 0 Å². The van der Waals surface area contributed by atoms with Crippen molar-refractivity contribution < 1.29 is 9.59 Å². The van der Waals surface area contributed by atoms with Gasteiger partial charge in [0.05, 0.1) is 0 Å². The SMILES string of the molecule is O=C(NCc1cccc(CNC(=O)C23CC4CC(CC(C4)C2)C3)c1)C12CC3CC(CC(C3)C1)C2. The van der Waals surface area contributed by atoms with Crippen molar-refractivity contribution in [2.75, 3.05) is 0 Å². The van der Waals surface area contributed by atoms with Crippen LogP contribution in [0.25, 0.3) is 0 Å². The first-order valence-electron chi connectivity index (χ1n) is 14.1. The van der Waals surface area contributed by atoms with E-state index in [1.165, 1.54) is 38.5 Å². The number of hydrogen-bond donors (Lipinski definition) is 2. The Bertz CT molecular complexity index is 851. The van der Waals surface area contributed by atoms with Gasteiger partial charge in [0.25, 0.3) is 0 Å². The smallest absolute Gasteiger partial charge is 0.226 e. The molecule has 9 rings (SSSR count). The van der Waals surface area contributed by atoms with Crippen molar-refractivity contribution in [3.63, 3.8) is 0 Å². The number of carbonyl (C=O) groups is 2. The van der Waals surface area contributed by atoms with Crippen molar-refractivity contribution in [2.24, 2.45) is 46.3 Å². The molecule has 0 aromatic heterocycles. The third kappa shape index (κ3) is 3.62. The van der Waals surface area contributed by atoms with Crippen LogP contribution in [0.15, 0.2) is 24.3 Å². The average molecular weight is 461 g/mol. The minimum atomic E-state index is -0.0851. The topological polar surface area (TPSA) is 58.2 Å². The molecular formula is C30H40N2O2. The van der Waals surface area contributed by atoms with Gasteiger partial charge in [0, 0.05) is 23.9 Å². The Balaban J connectivity index is 0.962. The van der Waals surface area contributed by atoms with Gasteiger partial charge in [0.1, 0.15) is 0 Å². The molecule has 4 nitrogen and oxygen atoms in total. The van der Waals surface area contributed by atoms with Gasteiger partial charge in [-0.3, -0.25) is 9.59 Å². The summed E-state index contributed by atoms with van der Waals surface area (Å²) in [6.07, 6.45) is 14.9. The predicted octanol–water partition coefficient (Wildman–Crippen LogP) is 5.35. The number of rotatable bonds is 6. The van der Waals surface area contributed by atoms with Crippen LogP contribution < -0.4 is 10.6 Å². The Morgan fingerprint density at radius 3 is 1.26 bits per heavy atom. The predicted molar refractivity (Wildman–Crippen MR) is 131 cm³/mol. The van der Waals surface area contributed by atoms with Crippen LogP contribution in [0.1, 0.15) is 88.2 Å². The average Bonchev–Trinajstić information content (AvgIpc) is 2.79. The molecule has 1 aromatic rings. The van der Waals surface area contributed by atoms with Gasteiger partial charge in [-0.1, -0.05) is 24.3 Å². The maximum Gasteiger partial charge on any atom is 0.226 e. The summed E-state index contributed by atoms with van der Waals surface area (Å²) in [4.78, 5) is 26.6. The lowest BCUT2D eigenvalue weighted by atomic mass is 9.49. The van der Waals surface area contributed by atoms with E-state index in [2.05, 4.69) is 34.9 Å². The van der Waals surface area contributed by atoms with Crippen LogP contribution >= 0.6 is 0 Å². The standard InChI is InChI=1S/C30H40N2O2/c33-27(29-11-21-5-22(12-29)7-23(6-21)13-29)31-17-19-2-1-3-20(4-19)18-32-28(34)30-14-24-8-25(15-30)10-26(9-24)16-30/h1-4,21-26H,5-18H2,(H,31,33)(H,32,34). The van der Waals surface area contributed by atoms with Crippen LogP contribution in [0.4, 0.5) is 0 Å². The molecule has 0 saturated heterocycles. The van der Waals surface area contributed by atoms with E-state index in [1.807, 2.05) is 0 Å². The van der Waals surface area contributed by atoms with Gasteiger partial charge >= 0.3 is 0 Å². The van der Waals surface area contributed by atoms with Crippen LogP contribution in [0.3, 0.4) is 0 Å². The summed E-state index contributed by atoms with van der Waals surface area (Å²) >= 11 is 0. The van der Waals surface area contributed by atoms with Crippen LogP contribution in [0, 0.1) is 46.3 Å². The summed E-state index contributed by atoms with van der Waals surface area (Å²) < 4.78 is 0. The summed E-state index contributed by atoms with van der Waals surface area (Å²) in [5.41, 5.74) is 2.11. The fourth-order valence-corrected chi connectivity index (χ4v) is 10.4. The lowest BCUT2D eigenvalue weighted by molar-refractivity contribution is -0.146. The molecule has 2 amide bonds. The second kappa shape index (κ2) is 7.83. The number of carbonyl (C=O) groups excluding carboxylic acids is 2. The van der Waals surface area contributed by atoms with Crippen molar-refractivity contribution in [2.45, 2.75) is 90.1 Å². The minimum absolute atomic E-state index is 0.0851. The molecule has 8 aliphatic rings. The van der Waals surface area contributed by atoms with Gasteiger partial charge in [0.2, 0.25) is 11.8 Å². The molecule has 0 aliphatic heterocycles. The highest BCUT2D eigenvalue weighted by atomic mass is 16.2. The lowest BCUT2D eigenvalue weighted by Crippen LogP contribution is -2.53. The van der Waals surface area contributed by atoms with Crippen molar-refractivity contribution in [1.82, 2.24) is 10.6 Å². The zero-order chi connectivity index (χ0) is 22.9. The van der Waals surface area contributed by atoms with E-state index in [9.17, 15) is 9.59 Å². The van der Waals surface area contributed by atoms with Gasteiger partial charge < -0.3 is 10.6 Å². The van der Waals surface area contributed by atoms with Crippen LogP contribution in [-0.2, 0) is 22.7 Å². The van der Waals surface area contributed by atoms with Gasteiger partial charge in [-0.15, -0.1) is 0 Å². The van der Waals surface area contributed by atoms with Crippen molar-refractivity contribution in [3.05, 3.63) is 35.4 Å². The van der Waals surface area contributed by atoms with Gasteiger partial charge in [-0.2, -0.15) is 0 Å². The largest absolute Gasteiger partial charge is 0.352 e. The number of hydrogen-bond acceptors (Lipinski definition) is 2. The fraction of sp³-hybridized carbons (Fsp3) is 0.733. The highest BCUT2D eigenvalue weighted by Gasteiger charge is 2.55. The Hall–Kier alpha value is -1.84. The lowest BCUT2D eigenvalue weighted by Gasteiger charge is -2.55. The first-order valence-corrected chi connectivity index (χ1v) is 14.1. The number of benzene rings is 1. The second-order valence-electron chi connectivity index (χ2n) is 13.6. The molecule has 8 aliphatic carbocycles.